The molecule has 2 aromatic carbocycles. The third-order valence-electron chi connectivity index (χ3n) is 7.67. The second-order valence-electron chi connectivity index (χ2n) is 10.1. The number of methoxy groups -OCH3 is 1. The summed E-state index contributed by atoms with van der Waals surface area (Å²) in [5, 5.41) is 12.7. The number of anilines is 1. The third-order valence-corrected chi connectivity index (χ3v) is 7.67. The average molecular weight is 528 g/mol. The van der Waals surface area contributed by atoms with E-state index in [2.05, 4.69) is 10.3 Å². The van der Waals surface area contributed by atoms with Crippen LogP contribution in [-0.2, 0) is 22.4 Å². The maximum absolute atomic E-state index is 13.5. The number of rotatable bonds is 9. The molecule has 1 unspecified atom stereocenters. The molecule has 0 saturated heterocycles. The lowest BCUT2D eigenvalue weighted by Crippen LogP contribution is -2.49. The zero-order chi connectivity index (χ0) is 27.6. The van der Waals surface area contributed by atoms with Crippen LogP contribution in [-0.4, -0.2) is 46.9 Å². The van der Waals surface area contributed by atoms with Crippen LogP contribution in [0.25, 0.3) is 0 Å². The monoisotopic (exact) mass is 527 g/mol. The van der Waals surface area contributed by atoms with E-state index in [0.717, 1.165) is 29.1 Å². The number of aliphatic carboxylic acids is 1. The van der Waals surface area contributed by atoms with Gasteiger partial charge in [0.25, 0.3) is 11.8 Å². The molecule has 1 aliphatic heterocycles. The number of carbonyl (C=O) groups is 4. The van der Waals surface area contributed by atoms with E-state index in [0.29, 0.717) is 36.1 Å². The number of hydrogen-bond donors (Lipinski definition) is 2. The van der Waals surface area contributed by atoms with Gasteiger partial charge < -0.3 is 15.2 Å². The summed E-state index contributed by atoms with van der Waals surface area (Å²) >= 11 is 0. The van der Waals surface area contributed by atoms with Crippen LogP contribution in [0.4, 0.5) is 5.69 Å². The predicted octanol–water partition coefficient (Wildman–Crippen LogP) is 3.81. The summed E-state index contributed by atoms with van der Waals surface area (Å²) in [4.78, 5) is 56.1. The fourth-order valence-corrected chi connectivity index (χ4v) is 5.52. The largest absolute Gasteiger partial charge is 0.497 e. The number of nitrogens with one attached hydrogen (secondary N) is 1. The van der Waals surface area contributed by atoms with Crippen molar-refractivity contribution in [3.63, 3.8) is 0 Å². The zero-order valence-electron chi connectivity index (χ0n) is 21.6. The summed E-state index contributed by atoms with van der Waals surface area (Å²) < 4.78 is 5.23. The highest BCUT2D eigenvalue weighted by Gasteiger charge is 2.42. The molecular formula is C30H29N3O6. The Hall–Kier alpha value is -4.53. The Morgan fingerprint density at radius 2 is 1.62 bits per heavy atom. The molecule has 200 valence electrons. The molecule has 3 aromatic rings. The minimum Gasteiger partial charge on any atom is -0.497 e. The lowest BCUT2D eigenvalue weighted by atomic mass is 9.78. The van der Waals surface area contributed by atoms with E-state index in [9.17, 15) is 24.3 Å². The number of hydrogen-bond acceptors (Lipinski definition) is 6. The number of nitrogens with zero attached hydrogens (tertiary/aromatic N) is 2. The molecule has 39 heavy (non-hydrogen) atoms. The molecule has 0 spiro atoms. The van der Waals surface area contributed by atoms with Crippen LogP contribution in [0.2, 0.25) is 0 Å². The molecule has 2 N–H and O–H groups in total. The summed E-state index contributed by atoms with van der Waals surface area (Å²) in [6.07, 6.45) is 6.64. The number of carboxylic acids is 1. The first-order valence-corrected chi connectivity index (χ1v) is 12.9. The predicted molar refractivity (Wildman–Crippen MR) is 143 cm³/mol. The number of benzene rings is 2. The smallest absolute Gasteiger partial charge is 0.326 e. The van der Waals surface area contributed by atoms with E-state index in [1.54, 1.807) is 31.4 Å². The van der Waals surface area contributed by atoms with Gasteiger partial charge in [0.05, 0.1) is 29.3 Å². The van der Waals surface area contributed by atoms with Crippen molar-refractivity contribution in [2.45, 2.75) is 44.6 Å². The quantitative estimate of drug-likeness (QED) is 0.405. The molecular weight excluding hydrogens is 498 g/mol. The lowest BCUT2D eigenvalue weighted by molar-refractivity contribution is -0.143. The standard InChI is InChI=1S/C30H29N3O6/c1-39-22-10-6-20(7-11-22)17-30(13-2-3-14-30)29(38)32-25(28(36)37)16-19-4-8-21(9-5-19)33-26(34)23-12-15-31-18-24(23)27(33)35/h4-12,15,18,25H,2-3,13-14,16-17H2,1H3,(H,32,38)(H,36,37). The number of amides is 3. The van der Waals surface area contributed by atoms with Gasteiger partial charge in [0, 0.05) is 18.8 Å². The summed E-state index contributed by atoms with van der Waals surface area (Å²) in [5.74, 6) is -1.53. The van der Waals surface area contributed by atoms with Gasteiger partial charge in [-0.3, -0.25) is 19.4 Å². The van der Waals surface area contributed by atoms with Gasteiger partial charge in [0.15, 0.2) is 0 Å². The van der Waals surface area contributed by atoms with Gasteiger partial charge in [-0.05, 0) is 60.7 Å². The van der Waals surface area contributed by atoms with Gasteiger partial charge in [-0.15, -0.1) is 0 Å². The first-order chi connectivity index (χ1) is 18.8. The van der Waals surface area contributed by atoms with Crippen molar-refractivity contribution in [1.82, 2.24) is 10.3 Å². The van der Waals surface area contributed by atoms with E-state index in [1.807, 2.05) is 24.3 Å². The fourth-order valence-electron chi connectivity index (χ4n) is 5.52. The van der Waals surface area contributed by atoms with Gasteiger partial charge in [-0.1, -0.05) is 37.1 Å². The first-order valence-electron chi connectivity index (χ1n) is 12.9. The zero-order valence-corrected chi connectivity index (χ0v) is 21.6. The molecule has 1 aromatic heterocycles. The van der Waals surface area contributed by atoms with Crippen molar-refractivity contribution in [1.29, 1.82) is 0 Å². The first kappa shape index (κ1) is 26.1. The number of carboxylic acid groups (broad SMARTS) is 1. The van der Waals surface area contributed by atoms with E-state index >= 15 is 0 Å². The van der Waals surface area contributed by atoms with E-state index in [-0.39, 0.29) is 17.9 Å². The van der Waals surface area contributed by atoms with Crippen LogP contribution in [0.3, 0.4) is 0 Å². The van der Waals surface area contributed by atoms with Crippen molar-refractivity contribution < 1.29 is 29.0 Å². The summed E-state index contributed by atoms with van der Waals surface area (Å²) in [5.41, 5.74) is 1.91. The molecule has 1 atom stereocenters. The number of ether oxygens (including phenoxy) is 1. The van der Waals surface area contributed by atoms with Crippen molar-refractivity contribution >= 4 is 29.4 Å². The maximum Gasteiger partial charge on any atom is 0.326 e. The van der Waals surface area contributed by atoms with Crippen LogP contribution < -0.4 is 15.0 Å². The molecule has 9 nitrogen and oxygen atoms in total. The highest BCUT2D eigenvalue weighted by Crippen LogP contribution is 2.41. The van der Waals surface area contributed by atoms with E-state index in [4.69, 9.17) is 4.74 Å². The molecule has 0 radical (unpaired) electrons. The van der Waals surface area contributed by atoms with Gasteiger partial charge in [0.1, 0.15) is 11.8 Å². The summed E-state index contributed by atoms with van der Waals surface area (Å²) in [6, 6.07) is 14.5. The van der Waals surface area contributed by atoms with Gasteiger partial charge in [-0.2, -0.15) is 0 Å². The second-order valence-corrected chi connectivity index (χ2v) is 10.1. The van der Waals surface area contributed by atoms with Crippen LogP contribution in [0, 0.1) is 5.41 Å². The van der Waals surface area contributed by atoms with E-state index < -0.39 is 29.2 Å². The highest BCUT2D eigenvalue weighted by atomic mass is 16.5. The highest BCUT2D eigenvalue weighted by molar-refractivity contribution is 6.34. The normalized spacial score (nSPS) is 16.6. The molecule has 5 rings (SSSR count). The van der Waals surface area contributed by atoms with Crippen molar-refractivity contribution in [3.8, 4) is 5.75 Å². The van der Waals surface area contributed by atoms with E-state index in [1.165, 1.54) is 18.5 Å². The average Bonchev–Trinajstić information content (AvgIpc) is 3.52. The minimum absolute atomic E-state index is 0.0615. The SMILES string of the molecule is COc1ccc(CC2(C(=O)NC(Cc3ccc(N4C(=O)c5ccncc5C4=O)cc3)C(=O)O)CCCC2)cc1. The summed E-state index contributed by atoms with van der Waals surface area (Å²) in [7, 11) is 1.60. The van der Waals surface area contributed by atoms with Gasteiger partial charge in [0.2, 0.25) is 5.91 Å². The van der Waals surface area contributed by atoms with Gasteiger partial charge in [-0.25, -0.2) is 9.69 Å². The molecule has 2 heterocycles. The fraction of sp³-hybridized carbons (Fsp3) is 0.300. The molecule has 1 aliphatic carbocycles. The molecule has 1 saturated carbocycles. The van der Waals surface area contributed by atoms with Crippen molar-refractivity contribution in [2.75, 3.05) is 12.0 Å². The van der Waals surface area contributed by atoms with Crippen molar-refractivity contribution in [2.24, 2.45) is 5.41 Å². The molecule has 9 heteroatoms. The van der Waals surface area contributed by atoms with Crippen LogP contribution in [0.15, 0.2) is 67.0 Å². The Morgan fingerprint density at radius 1 is 0.974 bits per heavy atom. The number of pyridine rings is 1. The Kier molecular flexibility index (Phi) is 7.15. The van der Waals surface area contributed by atoms with Gasteiger partial charge >= 0.3 is 5.97 Å². The molecule has 0 bridgehead atoms. The second kappa shape index (κ2) is 10.7. The summed E-state index contributed by atoms with van der Waals surface area (Å²) in [6.45, 7) is 0. The Bertz CT molecular complexity index is 1380. The van der Waals surface area contributed by atoms with Crippen LogP contribution in [0.1, 0.15) is 57.5 Å². The topological polar surface area (TPSA) is 126 Å². The third kappa shape index (κ3) is 5.12. The number of imide groups is 1. The Balaban J connectivity index is 1.28. The minimum atomic E-state index is -1.13. The lowest BCUT2D eigenvalue weighted by Gasteiger charge is -2.30. The number of aromatic nitrogens is 1. The Morgan fingerprint density at radius 3 is 2.23 bits per heavy atom. The van der Waals surface area contributed by atoms with Crippen LogP contribution >= 0.6 is 0 Å². The molecule has 1 fully saturated rings. The molecule has 3 amide bonds. The molecule has 2 aliphatic rings. The number of carbonyl (C=O) groups excluding carboxylic acids is 3. The maximum atomic E-state index is 13.5. The van der Waals surface area contributed by atoms with Crippen molar-refractivity contribution in [3.05, 3.63) is 89.2 Å². The number of fused-ring (bicyclic) bond motifs is 1. The van der Waals surface area contributed by atoms with Crippen LogP contribution in [0.5, 0.6) is 5.75 Å². The Labute approximate surface area is 225 Å².